The molecule has 3 aromatic rings. The molecule has 1 heterocycles. The molecule has 3 amide bonds. The SMILES string of the molecule is CC(=O)Nc1cccc(NS(=O)(=O)c2ccc(C(=O)NCC(=O)c3cccc(NC(C)=O)n3)cc2)c1. The number of sulfonamides is 1. The number of nitrogens with one attached hydrogen (secondary N) is 4. The van der Waals surface area contributed by atoms with E-state index in [9.17, 15) is 27.6 Å². The van der Waals surface area contributed by atoms with Gasteiger partial charge in [-0.15, -0.1) is 0 Å². The average molecular weight is 510 g/mol. The highest BCUT2D eigenvalue weighted by atomic mass is 32.2. The van der Waals surface area contributed by atoms with Crippen LogP contribution in [0.4, 0.5) is 17.2 Å². The van der Waals surface area contributed by atoms with E-state index < -0.39 is 21.7 Å². The fourth-order valence-electron chi connectivity index (χ4n) is 3.06. The quantitative estimate of drug-likeness (QED) is 0.322. The van der Waals surface area contributed by atoms with Crippen molar-refractivity contribution in [3.8, 4) is 0 Å². The summed E-state index contributed by atoms with van der Waals surface area (Å²) in [5, 5.41) is 7.50. The van der Waals surface area contributed by atoms with Crippen molar-refractivity contribution in [2.24, 2.45) is 0 Å². The summed E-state index contributed by atoms with van der Waals surface area (Å²) < 4.78 is 27.8. The van der Waals surface area contributed by atoms with Crippen LogP contribution in [0.1, 0.15) is 34.7 Å². The predicted octanol–water partition coefficient (Wildman–Crippen LogP) is 2.41. The molecule has 0 radical (unpaired) electrons. The third kappa shape index (κ3) is 7.21. The zero-order valence-corrected chi connectivity index (χ0v) is 20.2. The Morgan fingerprint density at radius 1 is 0.806 bits per heavy atom. The number of ketones is 1. The van der Waals surface area contributed by atoms with Crippen LogP contribution < -0.4 is 20.7 Å². The Balaban J connectivity index is 1.62. The average Bonchev–Trinajstić information content (AvgIpc) is 2.81. The number of amides is 3. The highest BCUT2D eigenvalue weighted by Crippen LogP contribution is 2.20. The molecule has 3 rings (SSSR count). The molecule has 0 aliphatic carbocycles. The highest BCUT2D eigenvalue weighted by molar-refractivity contribution is 7.92. The molecule has 4 N–H and O–H groups in total. The molecule has 12 heteroatoms. The zero-order valence-electron chi connectivity index (χ0n) is 19.4. The molecule has 11 nitrogen and oxygen atoms in total. The van der Waals surface area contributed by atoms with E-state index >= 15 is 0 Å². The number of nitrogens with zero attached hydrogens (tertiary/aromatic N) is 1. The van der Waals surface area contributed by atoms with Gasteiger partial charge in [0, 0.05) is 25.1 Å². The second-order valence-electron chi connectivity index (χ2n) is 7.59. The lowest BCUT2D eigenvalue weighted by Crippen LogP contribution is -2.30. The van der Waals surface area contributed by atoms with E-state index in [1.165, 1.54) is 62.4 Å². The minimum Gasteiger partial charge on any atom is -0.345 e. The Labute approximate surface area is 207 Å². The third-order valence-electron chi connectivity index (χ3n) is 4.61. The number of benzene rings is 2. The third-order valence-corrected chi connectivity index (χ3v) is 6.01. The Kier molecular flexibility index (Phi) is 8.12. The Morgan fingerprint density at radius 2 is 1.44 bits per heavy atom. The largest absolute Gasteiger partial charge is 0.345 e. The number of carbonyl (C=O) groups is 4. The van der Waals surface area contributed by atoms with Crippen LogP contribution in [-0.2, 0) is 19.6 Å². The maximum absolute atomic E-state index is 12.7. The lowest BCUT2D eigenvalue weighted by Gasteiger charge is -2.10. The Bertz CT molecular complexity index is 1420. The first-order chi connectivity index (χ1) is 17.0. The predicted molar refractivity (Wildman–Crippen MR) is 133 cm³/mol. The molecular formula is C24H23N5O6S. The number of rotatable bonds is 9. The number of aromatic nitrogens is 1. The van der Waals surface area contributed by atoms with E-state index in [-0.39, 0.29) is 46.0 Å². The molecule has 0 aliphatic heterocycles. The van der Waals surface area contributed by atoms with Crippen molar-refractivity contribution in [1.29, 1.82) is 0 Å². The van der Waals surface area contributed by atoms with Crippen molar-refractivity contribution in [2.45, 2.75) is 18.7 Å². The summed E-state index contributed by atoms with van der Waals surface area (Å²) in [5.74, 6) is -1.46. The van der Waals surface area contributed by atoms with Crippen LogP contribution >= 0.6 is 0 Å². The van der Waals surface area contributed by atoms with Gasteiger partial charge in [-0.25, -0.2) is 13.4 Å². The number of hydrogen-bond acceptors (Lipinski definition) is 7. The second kappa shape index (κ2) is 11.2. The van der Waals surface area contributed by atoms with Gasteiger partial charge in [0.2, 0.25) is 11.8 Å². The first-order valence-corrected chi connectivity index (χ1v) is 12.1. The molecule has 0 aliphatic rings. The number of anilines is 3. The van der Waals surface area contributed by atoms with Gasteiger partial charge in [0.15, 0.2) is 5.78 Å². The van der Waals surface area contributed by atoms with Crippen molar-refractivity contribution < 1.29 is 27.6 Å². The molecule has 0 spiro atoms. The van der Waals surface area contributed by atoms with Crippen LogP contribution in [0.5, 0.6) is 0 Å². The van der Waals surface area contributed by atoms with Gasteiger partial charge in [-0.3, -0.25) is 23.9 Å². The van der Waals surface area contributed by atoms with E-state index in [4.69, 9.17) is 0 Å². The van der Waals surface area contributed by atoms with Gasteiger partial charge in [0.25, 0.3) is 15.9 Å². The standard InChI is InChI=1S/C24H23N5O6S/c1-15(30)26-18-5-3-6-19(13-18)29-36(34,35)20-11-9-17(10-12-20)24(33)25-14-22(32)21-7-4-8-23(28-21)27-16(2)31/h3-13,29H,14H2,1-2H3,(H,25,33)(H,26,30)(H,27,28,31). The molecule has 0 unspecified atom stereocenters. The summed E-state index contributed by atoms with van der Waals surface area (Å²) in [6, 6.07) is 15.9. The highest BCUT2D eigenvalue weighted by Gasteiger charge is 2.17. The molecule has 2 aromatic carbocycles. The molecule has 0 fully saturated rings. The summed E-state index contributed by atoms with van der Waals surface area (Å²) in [5.41, 5.74) is 0.894. The summed E-state index contributed by atoms with van der Waals surface area (Å²) in [6.45, 7) is 2.31. The van der Waals surface area contributed by atoms with Gasteiger partial charge in [-0.05, 0) is 54.6 Å². The van der Waals surface area contributed by atoms with E-state index in [2.05, 4.69) is 25.7 Å². The molecule has 0 atom stereocenters. The van der Waals surface area contributed by atoms with Crippen LogP contribution in [0.3, 0.4) is 0 Å². The van der Waals surface area contributed by atoms with Gasteiger partial charge in [-0.2, -0.15) is 0 Å². The molecule has 1 aromatic heterocycles. The Morgan fingerprint density at radius 3 is 2.11 bits per heavy atom. The Hall–Kier alpha value is -4.58. The van der Waals surface area contributed by atoms with Gasteiger partial charge in [0.1, 0.15) is 11.5 Å². The van der Waals surface area contributed by atoms with Crippen LogP contribution in [-0.4, -0.2) is 43.5 Å². The number of hydrogen-bond donors (Lipinski definition) is 4. The first kappa shape index (κ1) is 26.0. The normalized spacial score (nSPS) is 10.7. The summed E-state index contributed by atoms with van der Waals surface area (Å²) >= 11 is 0. The monoisotopic (exact) mass is 509 g/mol. The zero-order chi connectivity index (χ0) is 26.3. The van der Waals surface area contributed by atoms with Crippen LogP contribution in [0.25, 0.3) is 0 Å². The number of pyridine rings is 1. The first-order valence-electron chi connectivity index (χ1n) is 10.6. The molecule has 0 bridgehead atoms. The van der Waals surface area contributed by atoms with Crippen molar-refractivity contribution in [1.82, 2.24) is 10.3 Å². The molecule has 186 valence electrons. The van der Waals surface area contributed by atoms with Gasteiger partial charge in [-0.1, -0.05) is 12.1 Å². The van der Waals surface area contributed by atoms with E-state index in [0.717, 1.165) is 0 Å². The van der Waals surface area contributed by atoms with Crippen LogP contribution in [0, 0.1) is 0 Å². The van der Waals surface area contributed by atoms with Crippen molar-refractivity contribution in [2.75, 3.05) is 21.9 Å². The second-order valence-corrected chi connectivity index (χ2v) is 9.27. The lowest BCUT2D eigenvalue weighted by atomic mass is 10.2. The lowest BCUT2D eigenvalue weighted by molar-refractivity contribution is -0.115. The van der Waals surface area contributed by atoms with Crippen LogP contribution in [0.15, 0.2) is 71.6 Å². The van der Waals surface area contributed by atoms with Gasteiger partial charge >= 0.3 is 0 Å². The van der Waals surface area contributed by atoms with Crippen LogP contribution in [0.2, 0.25) is 0 Å². The maximum Gasteiger partial charge on any atom is 0.261 e. The van der Waals surface area contributed by atoms with Crippen molar-refractivity contribution in [3.63, 3.8) is 0 Å². The summed E-state index contributed by atoms with van der Waals surface area (Å²) in [4.78, 5) is 51.1. The van der Waals surface area contributed by atoms with Crippen molar-refractivity contribution in [3.05, 3.63) is 78.0 Å². The smallest absolute Gasteiger partial charge is 0.261 e. The fourth-order valence-corrected chi connectivity index (χ4v) is 4.11. The van der Waals surface area contributed by atoms with Gasteiger partial charge in [0.05, 0.1) is 17.1 Å². The summed E-state index contributed by atoms with van der Waals surface area (Å²) in [7, 11) is -3.96. The maximum atomic E-state index is 12.7. The molecule has 0 saturated carbocycles. The van der Waals surface area contributed by atoms with E-state index in [1.54, 1.807) is 18.2 Å². The van der Waals surface area contributed by atoms with Crippen molar-refractivity contribution >= 4 is 50.7 Å². The molecule has 36 heavy (non-hydrogen) atoms. The molecule has 0 saturated heterocycles. The minimum absolute atomic E-state index is 0.0663. The van der Waals surface area contributed by atoms with E-state index in [0.29, 0.717) is 5.69 Å². The van der Waals surface area contributed by atoms with Gasteiger partial charge < -0.3 is 16.0 Å². The number of carbonyl (C=O) groups excluding carboxylic acids is 4. The number of Topliss-reactive ketones (excluding diaryl/α,β-unsaturated/α-hetero) is 1. The summed E-state index contributed by atoms with van der Waals surface area (Å²) in [6.07, 6.45) is 0. The fraction of sp³-hybridized carbons (Fsp3) is 0.125. The molecular weight excluding hydrogens is 486 g/mol. The topological polar surface area (TPSA) is 163 Å². The minimum atomic E-state index is -3.96. The van der Waals surface area contributed by atoms with E-state index in [1.807, 2.05) is 0 Å².